The highest BCUT2D eigenvalue weighted by Crippen LogP contribution is 2.35. The van der Waals surface area contributed by atoms with Crippen LogP contribution >= 0.6 is 0 Å². The minimum absolute atomic E-state index is 0.0666. The van der Waals surface area contributed by atoms with E-state index in [1.807, 2.05) is 0 Å². The first-order valence-corrected chi connectivity index (χ1v) is 8.98. The molecule has 0 N–H and O–H groups in total. The summed E-state index contributed by atoms with van der Waals surface area (Å²) in [6, 6.07) is 1.65. The number of nitro benzene ring substituents is 2. The number of hydrogen-bond acceptors (Lipinski definition) is 10. The molecule has 0 unspecified atom stereocenters. The van der Waals surface area contributed by atoms with Crippen molar-refractivity contribution in [3.05, 3.63) is 37.9 Å². The molecule has 1 rings (SSSR count). The first-order valence-electron chi connectivity index (χ1n) is 7.16. The molecule has 0 spiro atoms. The van der Waals surface area contributed by atoms with E-state index in [1.54, 1.807) is 6.92 Å². The van der Waals surface area contributed by atoms with Gasteiger partial charge in [0.1, 0.15) is 11.3 Å². The highest BCUT2D eigenvalue weighted by molar-refractivity contribution is 7.85. The lowest BCUT2D eigenvalue weighted by Gasteiger charge is -2.22. The van der Waals surface area contributed by atoms with Gasteiger partial charge in [0, 0.05) is 13.1 Å². The third-order valence-electron chi connectivity index (χ3n) is 3.27. The zero-order valence-corrected chi connectivity index (χ0v) is 15.0. The molecule has 0 bridgehead atoms. The molecule has 0 radical (unpaired) electrons. The van der Waals surface area contributed by atoms with Crippen LogP contribution in [0.25, 0.3) is 0 Å². The topological polar surface area (TPSA) is 159 Å². The molecule has 26 heavy (non-hydrogen) atoms. The maximum absolute atomic E-state index is 11.8. The Morgan fingerprint density at radius 1 is 1.19 bits per heavy atom. The van der Waals surface area contributed by atoms with Gasteiger partial charge >= 0.3 is 5.97 Å². The van der Waals surface area contributed by atoms with Gasteiger partial charge in [-0.3, -0.25) is 24.4 Å². The molecule has 0 saturated carbocycles. The van der Waals surface area contributed by atoms with Crippen molar-refractivity contribution in [2.24, 2.45) is 0 Å². The van der Waals surface area contributed by atoms with Crippen LogP contribution in [0.3, 0.4) is 0 Å². The monoisotopic (exact) mass is 391 g/mol. The van der Waals surface area contributed by atoms with Crippen LogP contribution in [0.1, 0.15) is 17.3 Å². The maximum atomic E-state index is 11.8. The third-order valence-corrected chi connectivity index (χ3v) is 3.87. The summed E-state index contributed by atoms with van der Waals surface area (Å²) in [7, 11) is -2.69. The zero-order valence-electron chi connectivity index (χ0n) is 14.2. The Morgan fingerprint density at radius 3 is 2.19 bits per heavy atom. The molecular weight excluding hydrogens is 374 g/mol. The summed E-state index contributed by atoms with van der Waals surface area (Å²) in [5.74, 6) is -1.03. The number of nitrogens with zero attached hydrogens (tertiary/aromatic N) is 3. The van der Waals surface area contributed by atoms with Gasteiger partial charge in [0.2, 0.25) is 0 Å². The fraction of sp³-hybridized carbons (Fsp3) is 0.462. The summed E-state index contributed by atoms with van der Waals surface area (Å²) in [6.45, 7) is 1.45. The van der Waals surface area contributed by atoms with Crippen molar-refractivity contribution in [2.45, 2.75) is 6.92 Å². The second kappa shape index (κ2) is 8.53. The first kappa shape index (κ1) is 21.2. The smallest absolute Gasteiger partial charge is 0.344 e. The number of carbonyl (C=O) groups is 1. The van der Waals surface area contributed by atoms with Crippen LogP contribution in [0.2, 0.25) is 0 Å². The molecule has 1 aromatic rings. The molecular formula is C13H17N3O9S. The molecule has 0 fully saturated rings. The number of rotatable bonds is 9. The molecule has 0 aromatic heterocycles. The van der Waals surface area contributed by atoms with Gasteiger partial charge < -0.3 is 9.64 Å². The standard InChI is InChI=1S/C13H17N3O9S/c1-4-14(5-6-25-26(3,22)23)11-7-9(13(17)24-2)10(15(18)19)8-12(11)16(20)21/h7-8H,4-6H2,1-3H3. The van der Waals surface area contributed by atoms with Crippen LogP contribution in [-0.2, 0) is 19.0 Å². The summed E-state index contributed by atoms with van der Waals surface area (Å²) in [5, 5.41) is 22.4. The Hall–Kier alpha value is -2.80. The largest absolute Gasteiger partial charge is 0.465 e. The van der Waals surface area contributed by atoms with Crippen molar-refractivity contribution in [1.82, 2.24) is 0 Å². The number of esters is 1. The number of anilines is 1. The fourth-order valence-corrected chi connectivity index (χ4v) is 2.51. The van der Waals surface area contributed by atoms with Gasteiger partial charge in [-0.05, 0) is 13.0 Å². The van der Waals surface area contributed by atoms with E-state index < -0.39 is 42.9 Å². The molecule has 12 nitrogen and oxygen atoms in total. The Balaban J connectivity index is 3.43. The van der Waals surface area contributed by atoms with E-state index in [0.29, 0.717) is 6.07 Å². The van der Waals surface area contributed by atoms with E-state index in [-0.39, 0.29) is 25.4 Å². The van der Waals surface area contributed by atoms with E-state index in [2.05, 4.69) is 8.92 Å². The SMILES string of the molecule is CCN(CCOS(C)(=O)=O)c1cc(C(=O)OC)c([N+](=O)[O-])cc1[N+](=O)[O-]. The molecule has 0 amide bonds. The first-order chi connectivity index (χ1) is 12.0. The molecule has 0 aliphatic carbocycles. The second-order valence-corrected chi connectivity index (χ2v) is 6.61. The Labute approximate surface area is 148 Å². The number of likely N-dealkylation sites (N-methyl/N-ethyl adjacent to an activating group) is 1. The van der Waals surface area contributed by atoms with Crippen LogP contribution in [0.4, 0.5) is 17.1 Å². The van der Waals surface area contributed by atoms with Gasteiger partial charge in [-0.15, -0.1) is 0 Å². The highest BCUT2D eigenvalue weighted by Gasteiger charge is 2.30. The molecule has 1 aromatic carbocycles. The average molecular weight is 391 g/mol. The minimum Gasteiger partial charge on any atom is -0.465 e. The molecule has 13 heteroatoms. The number of hydrogen-bond donors (Lipinski definition) is 0. The summed E-state index contributed by atoms with van der Waals surface area (Å²) in [5.41, 5.74) is -1.93. The summed E-state index contributed by atoms with van der Waals surface area (Å²) in [6.07, 6.45) is 0.854. The van der Waals surface area contributed by atoms with Gasteiger partial charge in [0.05, 0.1) is 35.9 Å². The third kappa shape index (κ3) is 5.35. The Morgan fingerprint density at radius 2 is 1.77 bits per heavy atom. The Kier molecular flexibility index (Phi) is 6.97. The van der Waals surface area contributed by atoms with Gasteiger partial charge in [-0.2, -0.15) is 8.42 Å². The molecule has 0 aliphatic rings. The number of nitro groups is 2. The normalized spacial score (nSPS) is 11.0. The van der Waals surface area contributed by atoms with Crippen molar-refractivity contribution in [2.75, 3.05) is 38.0 Å². The molecule has 0 heterocycles. The maximum Gasteiger partial charge on any atom is 0.344 e. The molecule has 0 saturated heterocycles. The van der Waals surface area contributed by atoms with Crippen LogP contribution in [-0.4, -0.2) is 57.3 Å². The summed E-state index contributed by atoms with van der Waals surface area (Å²) >= 11 is 0. The van der Waals surface area contributed by atoms with E-state index in [9.17, 15) is 33.4 Å². The van der Waals surface area contributed by atoms with E-state index >= 15 is 0 Å². The molecule has 0 atom stereocenters. The number of methoxy groups -OCH3 is 1. The van der Waals surface area contributed by atoms with Crippen molar-refractivity contribution in [1.29, 1.82) is 0 Å². The van der Waals surface area contributed by atoms with Gasteiger partial charge in [-0.1, -0.05) is 0 Å². The van der Waals surface area contributed by atoms with Crippen LogP contribution in [0, 0.1) is 20.2 Å². The predicted octanol–water partition coefficient (Wildman–Crippen LogP) is 1.09. The van der Waals surface area contributed by atoms with Gasteiger partial charge in [0.25, 0.3) is 21.5 Å². The quantitative estimate of drug-likeness (QED) is 0.258. The molecule has 0 aliphatic heterocycles. The second-order valence-electron chi connectivity index (χ2n) is 4.97. The van der Waals surface area contributed by atoms with Gasteiger partial charge in [-0.25, -0.2) is 4.79 Å². The van der Waals surface area contributed by atoms with E-state index in [4.69, 9.17) is 0 Å². The fourth-order valence-electron chi connectivity index (χ4n) is 2.14. The lowest BCUT2D eigenvalue weighted by molar-refractivity contribution is -0.393. The van der Waals surface area contributed by atoms with Gasteiger partial charge in [0.15, 0.2) is 0 Å². The predicted molar refractivity (Wildman–Crippen MR) is 89.8 cm³/mol. The summed E-state index contributed by atoms with van der Waals surface area (Å²) in [4.78, 5) is 33.9. The lowest BCUT2D eigenvalue weighted by atomic mass is 10.1. The Bertz CT molecular complexity index is 822. The number of ether oxygens (including phenoxy) is 1. The van der Waals surface area contributed by atoms with E-state index in [1.165, 1.54) is 4.90 Å². The van der Waals surface area contributed by atoms with Crippen LogP contribution in [0.5, 0.6) is 0 Å². The zero-order chi connectivity index (χ0) is 20.1. The van der Waals surface area contributed by atoms with Crippen molar-refractivity contribution < 1.29 is 32.0 Å². The minimum atomic E-state index is -3.70. The van der Waals surface area contributed by atoms with E-state index in [0.717, 1.165) is 19.4 Å². The van der Waals surface area contributed by atoms with Crippen LogP contribution in [0.15, 0.2) is 12.1 Å². The lowest BCUT2D eigenvalue weighted by Crippen LogP contribution is -2.29. The average Bonchev–Trinajstić information content (AvgIpc) is 2.55. The van der Waals surface area contributed by atoms with Crippen molar-refractivity contribution in [3.63, 3.8) is 0 Å². The summed E-state index contributed by atoms with van der Waals surface area (Å²) < 4.78 is 31.2. The number of carbonyl (C=O) groups excluding carboxylic acids is 1. The van der Waals surface area contributed by atoms with Crippen molar-refractivity contribution >= 4 is 33.1 Å². The van der Waals surface area contributed by atoms with Crippen LogP contribution < -0.4 is 4.90 Å². The highest BCUT2D eigenvalue weighted by atomic mass is 32.2. The number of benzene rings is 1. The molecule has 144 valence electrons. The van der Waals surface area contributed by atoms with Crippen molar-refractivity contribution in [3.8, 4) is 0 Å².